The van der Waals surface area contributed by atoms with Gasteiger partial charge in [-0.15, -0.1) is 0 Å². The van der Waals surface area contributed by atoms with Gasteiger partial charge in [0.1, 0.15) is 0 Å². The first kappa shape index (κ1) is 14.8. The summed E-state index contributed by atoms with van der Waals surface area (Å²) in [5.74, 6) is -0.259. The molecule has 0 saturated heterocycles. The number of furan rings is 1. The highest BCUT2D eigenvalue weighted by Gasteiger charge is 2.15. The van der Waals surface area contributed by atoms with Crippen molar-refractivity contribution in [3.63, 3.8) is 0 Å². The first-order chi connectivity index (χ1) is 11.1. The van der Waals surface area contributed by atoms with Crippen LogP contribution in [0.4, 0.5) is 5.69 Å². The van der Waals surface area contributed by atoms with Crippen LogP contribution in [-0.4, -0.2) is 16.4 Å². The molecule has 5 heteroatoms. The molecule has 0 spiro atoms. The van der Waals surface area contributed by atoms with Crippen molar-refractivity contribution >= 4 is 17.5 Å². The zero-order chi connectivity index (χ0) is 16.4. The number of nitrogens with one attached hydrogen (secondary N) is 1. The van der Waals surface area contributed by atoms with E-state index >= 15 is 0 Å². The Labute approximate surface area is 133 Å². The maximum Gasteiger partial charge on any atom is 0.291 e. The van der Waals surface area contributed by atoms with Gasteiger partial charge in [-0.1, -0.05) is 18.2 Å². The van der Waals surface area contributed by atoms with Crippen LogP contribution in [-0.2, 0) is 0 Å². The molecule has 1 aromatic carbocycles. The minimum atomic E-state index is -0.354. The number of carbonyl (C=O) groups is 2. The molecule has 3 aromatic rings. The van der Waals surface area contributed by atoms with E-state index in [-0.39, 0.29) is 17.6 Å². The minimum Gasteiger partial charge on any atom is -0.459 e. The minimum absolute atomic E-state index is 0.126. The SMILES string of the molecule is Cc1cccc(C)c1C(=O)n1ccc(NC(=O)c2ccco2)c1. The lowest BCUT2D eigenvalue weighted by Crippen LogP contribution is -2.14. The third-order valence-corrected chi connectivity index (χ3v) is 3.63. The van der Waals surface area contributed by atoms with Gasteiger partial charge in [0.25, 0.3) is 11.8 Å². The number of rotatable bonds is 3. The van der Waals surface area contributed by atoms with E-state index in [1.54, 1.807) is 30.6 Å². The van der Waals surface area contributed by atoms with E-state index in [4.69, 9.17) is 4.42 Å². The summed E-state index contributed by atoms with van der Waals surface area (Å²) in [6.45, 7) is 3.81. The molecule has 2 heterocycles. The van der Waals surface area contributed by atoms with Crippen molar-refractivity contribution in [2.75, 3.05) is 5.32 Å². The lowest BCUT2D eigenvalue weighted by Gasteiger charge is -2.08. The normalized spacial score (nSPS) is 10.5. The Balaban J connectivity index is 1.82. The second-order valence-corrected chi connectivity index (χ2v) is 5.31. The fourth-order valence-corrected chi connectivity index (χ4v) is 2.48. The zero-order valence-corrected chi connectivity index (χ0v) is 12.9. The van der Waals surface area contributed by atoms with Crippen LogP contribution in [0, 0.1) is 13.8 Å². The zero-order valence-electron chi connectivity index (χ0n) is 12.9. The number of amides is 1. The Morgan fingerprint density at radius 1 is 1.04 bits per heavy atom. The van der Waals surface area contributed by atoms with Crippen molar-refractivity contribution < 1.29 is 14.0 Å². The summed E-state index contributed by atoms with van der Waals surface area (Å²) in [5, 5.41) is 2.69. The van der Waals surface area contributed by atoms with Gasteiger partial charge in [-0.3, -0.25) is 14.2 Å². The molecule has 0 aliphatic heterocycles. The lowest BCUT2D eigenvalue weighted by molar-refractivity contribution is 0.0956. The monoisotopic (exact) mass is 308 g/mol. The number of carbonyl (C=O) groups excluding carboxylic acids is 2. The summed E-state index contributed by atoms with van der Waals surface area (Å²) < 4.78 is 6.50. The number of benzene rings is 1. The molecule has 0 aliphatic rings. The fourth-order valence-electron chi connectivity index (χ4n) is 2.48. The molecule has 0 unspecified atom stereocenters. The van der Waals surface area contributed by atoms with E-state index in [0.29, 0.717) is 11.3 Å². The van der Waals surface area contributed by atoms with Gasteiger partial charge in [-0.05, 0) is 43.2 Å². The molecular formula is C18H16N2O3. The van der Waals surface area contributed by atoms with Crippen molar-refractivity contribution in [3.8, 4) is 0 Å². The average Bonchev–Trinajstić information content (AvgIpc) is 3.18. The van der Waals surface area contributed by atoms with Crippen molar-refractivity contribution in [2.24, 2.45) is 0 Å². The van der Waals surface area contributed by atoms with Crippen LogP contribution >= 0.6 is 0 Å². The van der Waals surface area contributed by atoms with Crippen molar-refractivity contribution in [1.29, 1.82) is 0 Å². The van der Waals surface area contributed by atoms with E-state index in [9.17, 15) is 9.59 Å². The number of aromatic nitrogens is 1. The Hall–Kier alpha value is -3.08. The molecule has 0 bridgehead atoms. The second-order valence-electron chi connectivity index (χ2n) is 5.31. The van der Waals surface area contributed by atoms with E-state index in [0.717, 1.165) is 11.1 Å². The van der Waals surface area contributed by atoms with Gasteiger partial charge in [0.2, 0.25) is 0 Å². The van der Waals surface area contributed by atoms with Gasteiger partial charge in [0.05, 0.1) is 12.0 Å². The molecular weight excluding hydrogens is 292 g/mol. The third kappa shape index (κ3) is 2.94. The van der Waals surface area contributed by atoms with Crippen LogP contribution in [0.5, 0.6) is 0 Å². The van der Waals surface area contributed by atoms with Crippen LogP contribution in [0.1, 0.15) is 32.0 Å². The summed E-state index contributed by atoms with van der Waals surface area (Å²) in [6, 6.07) is 10.6. The van der Waals surface area contributed by atoms with Crippen molar-refractivity contribution in [1.82, 2.24) is 4.57 Å². The topological polar surface area (TPSA) is 64.2 Å². The van der Waals surface area contributed by atoms with E-state index in [1.165, 1.54) is 10.8 Å². The molecule has 0 radical (unpaired) electrons. The highest BCUT2D eigenvalue weighted by Crippen LogP contribution is 2.17. The number of nitrogens with zero attached hydrogens (tertiary/aromatic N) is 1. The Morgan fingerprint density at radius 2 is 1.78 bits per heavy atom. The molecule has 1 N–H and O–H groups in total. The smallest absolute Gasteiger partial charge is 0.291 e. The molecule has 0 fully saturated rings. The van der Waals surface area contributed by atoms with Crippen molar-refractivity contribution in [3.05, 3.63) is 77.5 Å². The number of hydrogen-bond donors (Lipinski definition) is 1. The lowest BCUT2D eigenvalue weighted by atomic mass is 10.0. The van der Waals surface area contributed by atoms with Gasteiger partial charge in [-0.2, -0.15) is 0 Å². The van der Waals surface area contributed by atoms with Crippen LogP contribution in [0.15, 0.2) is 59.5 Å². The number of anilines is 1. The molecule has 116 valence electrons. The van der Waals surface area contributed by atoms with Crippen LogP contribution < -0.4 is 5.32 Å². The maximum atomic E-state index is 12.6. The summed E-state index contributed by atoms with van der Waals surface area (Å²) in [4.78, 5) is 24.6. The number of aryl methyl sites for hydroxylation is 2. The van der Waals surface area contributed by atoms with Gasteiger partial charge in [0.15, 0.2) is 5.76 Å². The van der Waals surface area contributed by atoms with Gasteiger partial charge < -0.3 is 9.73 Å². The van der Waals surface area contributed by atoms with E-state index in [2.05, 4.69) is 5.32 Å². The molecule has 0 atom stereocenters. The van der Waals surface area contributed by atoms with E-state index in [1.807, 2.05) is 32.0 Å². The standard InChI is InChI=1S/C18H16N2O3/c1-12-5-3-6-13(2)16(12)18(22)20-9-8-14(11-20)19-17(21)15-7-4-10-23-15/h3-11H,1-2H3,(H,19,21). The molecule has 0 aliphatic carbocycles. The third-order valence-electron chi connectivity index (χ3n) is 3.63. The maximum absolute atomic E-state index is 12.6. The summed E-state index contributed by atoms with van der Waals surface area (Å²) in [7, 11) is 0. The summed E-state index contributed by atoms with van der Waals surface area (Å²) in [6.07, 6.45) is 4.66. The Bertz CT molecular complexity index is 840. The van der Waals surface area contributed by atoms with Crippen LogP contribution in [0.25, 0.3) is 0 Å². The van der Waals surface area contributed by atoms with Gasteiger partial charge in [-0.25, -0.2) is 0 Å². The Morgan fingerprint density at radius 3 is 2.43 bits per heavy atom. The van der Waals surface area contributed by atoms with Crippen LogP contribution in [0.3, 0.4) is 0 Å². The summed E-state index contributed by atoms with van der Waals surface area (Å²) >= 11 is 0. The molecule has 0 saturated carbocycles. The molecule has 1 amide bonds. The van der Waals surface area contributed by atoms with Crippen molar-refractivity contribution in [2.45, 2.75) is 13.8 Å². The first-order valence-corrected chi connectivity index (χ1v) is 7.20. The quantitative estimate of drug-likeness (QED) is 0.803. The first-order valence-electron chi connectivity index (χ1n) is 7.20. The van der Waals surface area contributed by atoms with Gasteiger partial charge >= 0.3 is 0 Å². The van der Waals surface area contributed by atoms with Crippen LogP contribution in [0.2, 0.25) is 0 Å². The second kappa shape index (κ2) is 5.96. The number of hydrogen-bond acceptors (Lipinski definition) is 3. The van der Waals surface area contributed by atoms with Gasteiger partial charge in [0, 0.05) is 18.0 Å². The predicted octanol–water partition coefficient (Wildman–Crippen LogP) is 3.64. The predicted molar refractivity (Wildman–Crippen MR) is 86.7 cm³/mol. The molecule has 2 aromatic heterocycles. The average molecular weight is 308 g/mol. The summed E-state index contributed by atoms with van der Waals surface area (Å²) in [5.41, 5.74) is 3.05. The highest BCUT2D eigenvalue weighted by molar-refractivity contribution is 6.03. The molecule has 23 heavy (non-hydrogen) atoms. The highest BCUT2D eigenvalue weighted by atomic mass is 16.3. The molecule has 3 rings (SSSR count). The van der Waals surface area contributed by atoms with E-state index < -0.39 is 0 Å². The molecule has 5 nitrogen and oxygen atoms in total. The largest absolute Gasteiger partial charge is 0.459 e. The fraction of sp³-hybridized carbons (Fsp3) is 0.111. The Kier molecular flexibility index (Phi) is 3.85.